The summed E-state index contributed by atoms with van der Waals surface area (Å²) >= 11 is 0. The molecule has 1 aromatic carbocycles. The fourth-order valence-corrected chi connectivity index (χ4v) is 1.90. The quantitative estimate of drug-likeness (QED) is 0.747. The molecule has 0 radical (unpaired) electrons. The third-order valence-corrected chi connectivity index (χ3v) is 3.58. The van der Waals surface area contributed by atoms with E-state index in [0.717, 1.165) is 5.56 Å². The molecule has 0 fully saturated rings. The molecule has 0 saturated heterocycles. The molecule has 0 atom stereocenters. The Labute approximate surface area is 101 Å². The van der Waals surface area contributed by atoms with Gasteiger partial charge in [-0.1, -0.05) is 18.7 Å². The predicted molar refractivity (Wildman–Crippen MR) is 64.7 cm³/mol. The standard InChI is InChI=1S/C11H14N2O3S/c1-3-11(14)13-8-9-4-6-10(7-5-9)17(15,16)12-2/h3-7,12H,1,8H2,2H3,(H,13,14). The van der Waals surface area contributed by atoms with Gasteiger partial charge in [-0.2, -0.15) is 0 Å². The molecule has 0 aliphatic rings. The fraction of sp³-hybridized carbons (Fsp3) is 0.182. The Morgan fingerprint density at radius 2 is 1.94 bits per heavy atom. The molecule has 2 N–H and O–H groups in total. The maximum absolute atomic E-state index is 11.4. The van der Waals surface area contributed by atoms with Crippen LogP contribution in [0.2, 0.25) is 0 Å². The number of rotatable bonds is 5. The summed E-state index contributed by atoms with van der Waals surface area (Å²) in [6.45, 7) is 3.67. The van der Waals surface area contributed by atoms with Gasteiger partial charge in [0.1, 0.15) is 0 Å². The summed E-state index contributed by atoms with van der Waals surface area (Å²) in [5, 5.41) is 2.60. The zero-order valence-corrected chi connectivity index (χ0v) is 10.3. The van der Waals surface area contributed by atoms with Gasteiger partial charge < -0.3 is 5.32 Å². The molecule has 0 aliphatic carbocycles. The van der Waals surface area contributed by atoms with Crippen LogP contribution in [0.25, 0.3) is 0 Å². The second-order valence-corrected chi connectivity index (χ2v) is 5.16. The molecular weight excluding hydrogens is 240 g/mol. The van der Waals surface area contributed by atoms with Crippen LogP contribution in [0, 0.1) is 0 Å². The van der Waals surface area contributed by atoms with E-state index in [1.807, 2.05) is 0 Å². The first kappa shape index (κ1) is 13.4. The van der Waals surface area contributed by atoms with E-state index in [2.05, 4.69) is 16.6 Å². The van der Waals surface area contributed by atoms with E-state index in [-0.39, 0.29) is 10.8 Å². The Kier molecular flexibility index (Phi) is 4.42. The molecule has 0 unspecified atom stereocenters. The topological polar surface area (TPSA) is 75.3 Å². The minimum absolute atomic E-state index is 0.193. The molecule has 0 saturated carbocycles. The van der Waals surface area contributed by atoms with Crippen LogP contribution in [0.5, 0.6) is 0 Å². The van der Waals surface area contributed by atoms with Gasteiger partial charge in [-0.3, -0.25) is 4.79 Å². The van der Waals surface area contributed by atoms with Crippen molar-refractivity contribution in [3.63, 3.8) is 0 Å². The second kappa shape index (κ2) is 5.60. The maximum atomic E-state index is 11.4. The number of nitrogens with one attached hydrogen (secondary N) is 2. The first-order valence-corrected chi connectivity index (χ1v) is 6.40. The highest BCUT2D eigenvalue weighted by Gasteiger charge is 2.10. The second-order valence-electron chi connectivity index (χ2n) is 3.27. The molecule has 0 aromatic heterocycles. The SMILES string of the molecule is C=CC(=O)NCc1ccc(S(=O)(=O)NC)cc1. The van der Waals surface area contributed by atoms with E-state index in [1.54, 1.807) is 12.1 Å². The number of sulfonamides is 1. The van der Waals surface area contributed by atoms with Gasteiger partial charge in [-0.25, -0.2) is 13.1 Å². The highest BCUT2D eigenvalue weighted by molar-refractivity contribution is 7.89. The number of amides is 1. The van der Waals surface area contributed by atoms with E-state index >= 15 is 0 Å². The molecule has 0 bridgehead atoms. The fourth-order valence-electron chi connectivity index (χ4n) is 1.17. The highest BCUT2D eigenvalue weighted by Crippen LogP contribution is 2.09. The van der Waals surface area contributed by atoms with Crippen molar-refractivity contribution in [2.45, 2.75) is 11.4 Å². The number of hydrogen-bond acceptors (Lipinski definition) is 3. The van der Waals surface area contributed by atoms with E-state index in [4.69, 9.17) is 0 Å². The lowest BCUT2D eigenvalue weighted by Gasteiger charge is -2.05. The van der Waals surface area contributed by atoms with Crippen molar-refractivity contribution in [2.24, 2.45) is 0 Å². The van der Waals surface area contributed by atoms with Gasteiger partial charge in [0.05, 0.1) is 4.90 Å². The van der Waals surface area contributed by atoms with Crippen molar-refractivity contribution < 1.29 is 13.2 Å². The van der Waals surface area contributed by atoms with Gasteiger partial charge in [-0.05, 0) is 30.8 Å². The molecular formula is C11H14N2O3S. The van der Waals surface area contributed by atoms with Gasteiger partial charge in [0.15, 0.2) is 0 Å². The first-order chi connectivity index (χ1) is 7.99. The lowest BCUT2D eigenvalue weighted by molar-refractivity contribution is -0.116. The zero-order valence-electron chi connectivity index (χ0n) is 9.43. The summed E-state index contributed by atoms with van der Waals surface area (Å²) in [4.78, 5) is 11.1. The molecule has 0 heterocycles. The van der Waals surface area contributed by atoms with Crippen LogP contribution in [0.3, 0.4) is 0 Å². The van der Waals surface area contributed by atoms with Crippen LogP contribution in [0.4, 0.5) is 0 Å². The Balaban J connectivity index is 2.75. The molecule has 92 valence electrons. The van der Waals surface area contributed by atoms with Gasteiger partial charge in [0.2, 0.25) is 15.9 Å². The number of carbonyl (C=O) groups is 1. The molecule has 5 nitrogen and oxygen atoms in total. The van der Waals surface area contributed by atoms with Crippen LogP contribution in [0.15, 0.2) is 41.8 Å². The molecule has 6 heteroatoms. The van der Waals surface area contributed by atoms with E-state index < -0.39 is 10.0 Å². The molecule has 1 aromatic rings. The van der Waals surface area contributed by atoms with Gasteiger partial charge in [-0.15, -0.1) is 0 Å². The summed E-state index contributed by atoms with van der Waals surface area (Å²) in [5.41, 5.74) is 0.815. The summed E-state index contributed by atoms with van der Waals surface area (Å²) in [6.07, 6.45) is 1.18. The normalized spacial score (nSPS) is 10.9. The smallest absolute Gasteiger partial charge is 0.243 e. The van der Waals surface area contributed by atoms with Crippen LogP contribution in [0.1, 0.15) is 5.56 Å². The molecule has 1 amide bonds. The van der Waals surface area contributed by atoms with Crippen molar-refractivity contribution >= 4 is 15.9 Å². The van der Waals surface area contributed by atoms with Crippen LogP contribution in [-0.4, -0.2) is 21.4 Å². The van der Waals surface area contributed by atoms with Gasteiger partial charge in [0.25, 0.3) is 0 Å². The third kappa shape index (κ3) is 3.69. The number of hydrogen-bond donors (Lipinski definition) is 2. The Bertz CT molecular complexity index is 506. The lowest BCUT2D eigenvalue weighted by Crippen LogP contribution is -2.20. The van der Waals surface area contributed by atoms with Gasteiger partial charge >= 0.3 is 0 Å². The van der Waals surface area contributed by atoms with E-state index in [0.29, 0.717) is 6.54 Å². The van der Waals surface area contributed by atoms with Crippen LogP contribution in [-0.2, 0) is 21.4 Å². The lowest BCUT2D eigenvalue weighted by atomic mass is 10.2. The number of benzene rings is 1. The largest absolute Gasteiger partial charge is 0.348 e. The molecule has 1 rings (SSSR count). The molecule has 17 heavy (non-hydrogen) atoms. The molecule has 0 aliphatic heterocycles. The van der Waals surface area contributed by atoms with Crippen molar-refractivity contribution in [3.05, 3.63) is 42.5 Å². The highest BCUT2D eigenvalue weighted by atomic mass is 32.2. The van der Waals surface area contributed by atoms with Crippen molar-refractivity contribution in [1.82, 2.24) is 10.0 Å². The summed E-state index contributed by atoms with van der Waals surface area (Å²) in [5.74, 6) is -0.267. The first-order valence-electron chi connectivity index (χ1n) is 4.92. The van der Waals surface area contributed by atoms with E-state index in [9.17, 15) is 13.2 Å². The zero-order chi connectivity index (χ0) is 12.9. The van der Waals surface area contributed by atoms with Crippen molar-refractivity contribution in [2.75, 3.05) is 7.05 Å². The van der Waals surface area contributed by atoms with Gasteiger partial charge in [0, 0.05) is 6.54 Å². The summed E-state index contributed by atoms with van der Waals surface area (Å²) < 4.78 is 25.1. The van der Waals surface area contributed by atoms with Crippen molar-refractivity contribution in [3.8, 4) is 0 Å². The predicted octanol–water partition coefficient (Wildman–Crippen LogP) is 0.397. The van der Waals surface area contributed by atoms with Crippen LogP contribution < -0.4 is 10.0 Å². The third-order valence-electron chi connectivity index (χ3n) is 2.15. The summed E-state index contributed by atoms with van der Waals surface area (Å²) in [7, 11) is -2.05. The van der Waals surface area contributed by atoms with Crippen LogP contribution >= 0.6 is 0 Å². The Hall–Kier alpha value is -1.66. The maximum Gasteiger partial charge on any atom is 0.243 e. The minimum Gasteiger partial charge on any atom is -0.348 e. The van der Waals surface area contributed by atoms with E-state index in [1.165, 1.54) is 25.3 Å². The minimum atomic E-state index is -3.40. The average molecular weight is 254 g/mol. The monoisotopic (exact) mass is 254 g/mol. The Morgan fingerprint density at radius 3 is 2.41 bits per heavy atom. The average Bonchev–Trinajstić information content (AvgIpc) is 2.36. The number of carbonyl (C=O) groups excluding carboxylic acids is 1. The van der Waals surface area contributed by atoms with Crippen molar-refractivity contribution in [1.29, 1.82) is 0 Å². The molecule has 0 spiro atoms. The summed E-state index contributed by atoms with van der Waals surface area (Å²) in [6, 6.07) is 6.27. The Morgan fingerprint density at radius 1 is 1.35 bits per heavy atom.